The smallest absolute Gasteiger partial charge is 0.306 e. The monoisotopic (exact) mass is 679 g/mol. The quantitative estimate of drug-likeness (QED) is 0.0425. The van der Waals surface area contributed by atoms with Crippen molar-refractivity contribution in [3.05, 3.63) is 97.2 Å². The molecule has 0 radical (unpaired) electrons. The Kier molecular flexibility index (Phi) is 36.7. The van der Waals surface area contributed by atoms with E-state index in [9.17, 15) is 14.7 Å². The summed E-state index contributed by atoms with van der Waals surface area (Å²) in [6.07, 6.45) is 54.6. The molecule has 0 aromatic carbocycles. The summed E-state index contributed by atoms with van der Waals surface area (Å²) in [6.45, 7) is 3.91. The van der Waals surface area contributed by atoms with Crippen LogP contribution < -0.4 is 0 Å². The first kappa shape index (κ1) is 45.8. The van der Waals surface area contributed by atoms with Gasteiger partial charge in [0, 0.05) is 12.8 Å². The number of ether oxygens (including phenoxy) is 2. The number of hydrogen-bond acceptors (Lipinski definition) is 5. The second-order valence-electron chi connectivity index (χ2n) is 12.3. The van der Waals surface area contributed by atoms with E-state index in [1.54, 1.807) is 0 Å². The molecule has 5 heteroatoms. The van der Waals surface area contributed by atoms with E-state index in [0.29, 0.717) is 12.8 Å². The molecular weight excluding hydrogens is 608 g/mol. The third kappa shape index (κ3) is 37.5. The molecule has 0 fully saturated rings. The lowest BCUT2D eigenvalue weighted by molar-refractivity contribution is -0.161. The number of carbonyl (C=O) groups excluding carboxylic acids is 2. The molecule has 0 bridgehead atoms. The Labute approximate surface area is 300 Å². The van der Waals surface area contributed by atoms with Crippen LogP contribution in [-0.2, 0) is 19.1 Å². The van der Waals surface area contributed by atoms with Crippen molar-refractivity contribution < 1.29 is 24.2 Å². The van der Waals surface area contributed by atoms with Crippen LogP contribution in [0, 0.1) is 0 Å². The summed E-state index contributed by atoms with van der Waals surface area (Å²) in [7, 11) is 0. The zero-order valence-electron chi connectivity index (χ0n) is 31.2. The lowest BCUT2D eigenvalue weighted by atomic mass is 10.1. The second kappa shape index (κ2) is 39.3. The summed E-state index contributed by atoms with van der Waals surface area (Å²) < 4.78 is 10.5. The average molecular weight is 679 g/mol. The molecule has 0 aliphatic rings. The van der Waals surface area contributed by atoms with Crippen molar-refractivity contribution >= 4 is 11.9 Å². The van der Waals surface area contributed by atoms with Crippen LogP contribution in [0.5, 0.6) is 0 Å². The summed E-state index contributed by atoms with van der Waals surface area (Å²) in [4.78, 5) is 24.2. The largest absolute Gasteiger partial charge is 0.462 e. The molecule has 276 valence electrons. The maximum atomic E-state index is 12.2. The van der Waals surface area contributed by atoms with Crippen LogP contribution >= 0.6 is 0 Å². The highest BCUT2D eigenvalue weighted by Gasteiger charge is 2.16. The Morgan fingerprint density at radius 1 is 0.490 bits per heavy atom. The molecule has 0 saturated heterocycles. The van der Waals surface area contributed by atoms with Gasteiger partial charge in [-0.05, 0) is 89.9 Å². The fourth-order valence-electron chi connectivity index (χ4n) is 4.69. The highest BCUT2D eigenvalue weighted by Crippen LogP contribution is 2.10. The fourth-order valence-corrected chi connectivity index (χ4v) is 4.69. The third-order valence-electron chi connectivity index (χ3n) is 7.61. The Morgan fingerprint density at radius 3 is 1.37 bits per heavy atom. The number of rotatable bonds is 33. The van der Waals surface area contributed by atoms with E-state index in [1.165, 1.54) is 25.7 Å². The predicted octanol–water partition coefficient (Wildman–Crippen LogP) is 12.1. The molecule has 1 atom stereocenters. The highest BCUT2D eigenvalue weighted by atomic mass is 16.6. The first-order valence-electron chi connectivity index (χ1n) is 19.3. The maximum Gasteiger partial charge on any atom is 0.306 e. The van der Waals surface area contributed by atoms with Gasteiger partial charge in [-0.15, -0.1) is 0 Å². The summed E-state index contributed by atoms with van der Waals surface area (Å²) in [5, 5.41) is 9.54. The fraction of sp³-hybridized carbons (Fsp3) is 0.591. The molecular formula is C44H70O5. The summed E-state index contributed by atoms with van der Waals surface area (Å²) in [6, 6.07) is 0. The Bertz CT molecular complexity index is 995. The standard InChI is InChI=1S/C44H70O5/c1-3-5-7-9-11-13-15-17-19-20-21-22-23-24-25-27-29-31-33-35-37-39-44(47)49-42(40-45)41-48-43(46)38-36-34-32-30-28-26-18-16-14-12-10-8-6-4-2/h5,7,10-13,16-19,21-22,24-25,29,31,42,45H,3-4,6,8-9,14-15,20,23,26-28,30,32-41H2,1-2H3/b7-5-,12-10-,13-11-,18-16-,19-17-,22-21-,25-24-,31-29-. The molecule has 0 aliphatic carbocycles. The van der Waals surface area contributed by atoms with Crippen LogP contribution in [0.1, 0.15) is 149 Å². The van der Waals surface area contributed by atoms with Crippen molar-refractivity contribution in [1.29, 1.82) is 0 Å². The average Bonchev–Trinajstić information content (AvgIpc) is 3.10. The molecule has 0 aromatic rings. The van der Waals surface area contributed by atoms with Crippen LogP contribution in [0.2, 0.25) is 0 Å². The van der Waals surface area contributed by atoms with Crippen LogP contribution in [0.15, 0.2) is 97.2 Å². The lowest BCUT2D eigenvalue weighted by Crippen LogP contribution is -2.28. The third-order valence-corrected chi connectivity index (χ3v) is 7.61. The van der Waals surface area contributed by atoms with Gasteiger partial charge < -0.3 is 14.6 Å². The van der Waals surface area contributed by atoms with E-state index in [1.807, 2.05) is 0 Å². The van der Waals surface area contributed by atoms with Crippen molar-refractivity contribution in [1.82, 2.24) is 0 Å². The molecule has 0 aliphatic heterocycles. The topological polar surface area (TPSA) is 72.8 Å². The van der Waals surface area contributed by atoms with Crippen molar-refractivity contribution in [2.45, 2.75) is 155 Å². The number of aliphatic hydroxyl groups is 1. The van der Waals surface area contributed by atoms with Gasteiger partial charge in [-0.3, -0.25) is 9.59 Å². The molecule has 1 unspecified atom stereocenters. The van der Waals surface area contributed by atoms with Gasteiger partial charge in [0.2, 0.25) is 0 Å². The molecule has 1 N–H and O–H groups in total. The van der Waals surface area contributed by atoms with Crippen molar-refractivity contribution in [2.24, 2.45) is 0 Å². The summed E-state index contributed by atoms with van der Waals surface area (Å²) in [5.41, 5.74) is 0. The minimum atomic E-state index is -0.806. The minimum absolute atomic E-state index is 0.0975. The van der Waals surface area contributed by atoms with Crippen molar-refractivity contribution in [3.63, 3.8) is 0 Å². The van der Waals surface area contributed by atoms with Crippen LogP contribution in [-0.4, -0.2) is 36.4 Å². The number of esters is 2. The van der Waals surface area contributed by atoms with E-state index in [4.69, 9.17) is 9.47 Å². The molecule has 0 amide bonds. The van der Waals surface area contributed by atoms with Gasteiger partial charge in [0.15, 0.2) is 6.10 Å². The normalized spacial score (nSPS) is 13.3. The number of aliphatic hydroxyl groups excluding tert-OH is 1. The molecule has 0 aromatic heterocycles. The SMILES string of the molecule is CC/C=C\C/C=C\C/C=C\C/C=C\C/C=C\C/C=C\CCCCC(=O)OC(CO)COC(=O)CCCCCCC/C=C\C/C=C\CCCC. The van der Waals surface area contributed by atoms with Gasteiger partial charge in [-0.25, -0.2) is 0 Å². The highest BCUT2D eigenvalue weighted by molar-refractivity contribution is 5.70. The molecule has 0 heterocycles. The summed E-state index contributed by atoms with van der Waals surface area (Å²) >= 11 is 0. The number of unbranched alkanes of at least 4 members (excludes halogenated alkanes) is 9. The lowest BCUT2D eigenvalue weighted by Gasteiger charge is -2.15. The maximum absolute atomic E-state index is 12.2. The van der Waals surface area contributed by atoms with Gasteiger partial charge in [0.25, 0.3) is 0 Å². The van der Waals surface area contributed by atoms with E-state index >= 15 is 0 Å². The van der Waals surface area contributed by atoms with Crippen molar-refractivity contribution in [3.8, 4) is 0 Å². The van der Waals surface area contributed by atoms with Crippen LogP contribution in [0.25, 0.3) is 0 Å². The van der Waals surface area contributed by atoms with Gasteiger partial charge in [-0.2, -0.15) is 0 Å². The first-order chi connectivity index (χ1) is 24.1. The minimum Gasteiger partial charge on any atom is -0.462 e. The Morgan fingerprint density at radius 2 is 0.878 bits per heavy atom. The van der Waals surface area contributed by atoms with E-state index in [0.717, 1.165) is 96.3 Å². The van der Waals surface area contributed by atoms with E-state index in [2.05, 4.69) is 111 Å². The van der Waals surface area contributed by atoms with Gasteiger partial charge in [0.05, 0.1) is 6.61 Å². The van der Waals surface area contributed by atoms with E-state index < -0.39 is 6.10 Å². The van der Waals surface area contributed by atoms with Gasteiger partial charge >= 0.3 is 11.9 Å². The molecule has 0 saturated carbocycles. The predicted molar refractivity (Wildman–Crippen MR) is 209 cm³/mol. The number of carbonyl (C=O) groups is 2. The van der Waals surface area contributed by atoms with Crippen molar-refractivity contribution in [2.75, 3.05) is 13.2 Å². The van der Waals surface area contributed by atoms with Crippen LogP contribution in [0.4, 0.5) is 0 Å². The zero-order valence-corrected chi connectivity index (χ0v) is 31.2. The van der Waals surface area contributed by atoms with Crippen LogP contribution in [0.3, 0.4) is 0 Å². The number of allylic oxidation sites excluding steroid dienone is 16. The Balaban J connectivity index is 3.73. The first-order valence-corrected chi connectivity index (χ1v) is 19.3. The second-order valence-corrected chi connectivity index (χ2v) is 12.3. The molecule has 0 spiro atoms. The van der Waals surface area contributed by atoms with E-state index in [-0.39, 0.29) is 25.2 Å². The molecule has 5 nitrogen and oxygen atoms in total. The Hall–Kier alpha value is -3.18. The van der Waals surface area contributed by atoms with Gasteiger partial charge in [0.1, 0.15) is 6.61 Å². The zero-order chi connectivity index (χ0) is 35.7. The number of hydrogen-bond donors (Lipinski definition) is 1. The molecule has 49 heavy (non-hydrogen) atoms. The summed E-state index contributed by atoms with van der Waals surface area (Å²) in [5.74, 6) is -0.670. The van der Waals surface area contributed by atoms with Gasteiger partial charge in [-0.1, -0.05) is 143 Å². The molecule has 0 rings (SSSR count).